The molecule has 4 atom stereocenters. The molecule has 2 aliphatic rings. The molecule has 2 heterocycles. The highest BCUT2D eigenvalue weighted by Crippen LogP contribution is 2.48. The van der Waals surface area contributed by atoms with E-state index in [9.17, 15) is 14.7 Å². The maximum absolute atomic E-state index is 13.2. The van der Waals surface area contributed by atoms with Crippen LogP contribution in [0, 0.1) is 11.8 Å². The zero-order chi connectivity index (χ0) is 24.3. The monoisotopic (exact) mass is 475 g/mol. The van der Waals surface area contributed by atoms with Gasteiger partial charge in [0.15, 0.2) is 8.32 Å². The summed E-state index contributed by atoms with van der Waals surface area (Å²) in [5, 5.41) is 10.0. The summed E-state index contributed by atoms with van der Waals surface area (Å²) >= 11 is 0. The van der Waals surface area contributed by atoms with E-state index in [2.05, 4.69) is 20.8 Å². The maximum Gasteiger partial charge on any atom is 0.355 e. The zero-order valence-corrected chi connectivity index (χ0v) is 21.6. The van der Waals surface area contributed by atoms with E-state index in [1.807, 2.05) is 26.0 Å². The van der Waals surface area contributed by atoms with Crippen molar-refractivity contribution in [2.75, 3.05) is 13.7 Å². The van der Waals surface area contributed by atoms with Crippen LogP contribution in [0.4, 0.5) is 0 Å². The molecule has 33 heavy (non-hydrogen) atoms. The number of hydrogen-bond acceptors (Lipinski definition) is 6. The minimum absolute atomic E-state index is 0.0761. The van der Waals surface area contributed by atoms with E-state index < -0.39 is 14.3 Å². The molecule has 3 rings (SSSR count). The second-order valence-corrected chi connectivity index (χ2v) is 13.8. The van der Waals surface area contributed by atoms with Crippen molar-refractivity contribution >= 4 is 20.2 Å². The fourth-order valence-corrected chi connectivity index (χ4v) is 8.17. The Balaban J connectivity index is 1.73. The smallest absolute Gasteiger partial charge is 0.355 e. The third kappa shape index (κ3) is 4.61. The molecule has 0 aliphatic carbocycles. The number of methoxy groups -OCH3 is 1. The van der Waals surface area contributed by atoms with Crippen LogP contribution in [-0.2, 0) is 25.4 Å². The Bertz CT molecular complexity index is 886. The summed E-state index contributed by atoms with van der Waals surface area (Å²) in [6, 6.07) is 10.1. The van der Waals surface area contributed by atoms with Crippen molar-refractivity contribution in [1.82, 2.24) is 4.90 Å². The average molecular weight is 476 g/mol. The molecule has 7 nitrogen and oxygen atoms in total. The van der Waals surface area contributed by atoms with Crippen LogP contribution >= 0.6 is 0 Å². The maximum atomic E-state index is 13.2. The quantitative estimate of drug-likeness (QED) is 0.297. The van der Waals surface area contributed by atoms with Crippen LogP contribution in [-0.4, -0.2) is 56.1 Å². The summed E-state index contributed by atoms with van der Waals surface area (Å²) < 4.78 is 17.3. The normalized spacial score (nSPS) is 23.3. The van der Waals surface area contributed by atoms with Crippen molar-refractivity contribution < 1.29 is 28.6 Å². The van der Waals surface area contributed by atoms with Gasteiger partial charge in [-0.15, -0.1) is 0 Å². The number of carbonyl (C=O) groups excluding carboxylic acids is 2. The van der Waals surface area contributed by atoms with E-state index in [0.29, 0.717) is 5.57 Å². The van der Waals surface area contributed by atoms with Crippen molar-refractivity contribution in [2.24, 2.45) is 11.8 Å². The number of fused-ring (bicyclic) bond motifs is 1. The van der Waals surface area contributed by atoms with Crippen LogP contribution in [0.15, 0.2) is 35.5 Å². The number of hydrogen-bond donors (Lipinski definition) is 1. The predicted molar refractivity (Wildman–Crippen MR) is 128 cm³/mol. The first-order valence-corrected chi connectivity index (χ1v) is 14.4. The molecular weight excluding hydrogens is 438 g/mol. The second kappa shape index (κ2) is 10.4. The van der Waals surface area contributed by atoms with Crippen LogP contribution in [0.25, 0.3) is 0 Å². The number of benzene rings is 1. The lowest BCUT2D eigenvalue weighted by Crippen LogP contribution is -2.65. The van der Waals surface area contributed by atoms with Crippen molar-refractivity contribution in [3.05, 3.63) is 41.1 Å². The van der Waals surface area contributed by atoms with Crippen LogP contribution in [0.1, 0.15) is 40.2 Å². The molecule has 8 heteroatoms. The third-order valence-electron chi connectivity index (χ3n) is 7.56. The molecule has 1 aromatic rings. The van der Waals surface area contributed by atoms with Gasteiger partial charge in [0.05, 0.1) is 31.8 Å². The lowest BCUT2D eigenvalue weighted by molar-refractivity contribution is -0.163. The Kier molecular flexibility index (Phi) is 8.03. The van der Waals surface area contributed by atoms with Crippen LogP contribution in [0.5, 0.6) is 5.75 Å². The van der Waals surface area contributed by atoms with E-state index in [4.69, 9.17) is 13.9 Å². The molecule has 1 amide bonds. The van der Waals surface area contributed by atoms with E-state index in [0.717, 1.165) is 29.4 Å². The van der Waals surface area contributed by atoms with Gasteiger partial charge < -0.3 is 23.9 Å². The van der Waals surface area contributed by atoms with Crippen molar-refractivity contribution in [2.45, 2.75) is 71.5 Å². The summed E-state index contributed by atoms with van der Waals surface area (Å²) in [5.41, 5.74) is 1.57. The Labute approximate surface area is 197 Å². The zero-order valence-electron chi connectivity index (χ0n) is 20.6. The molecule has 2 aliphatic heterocycles. The third-order valence-corrected chi connectivity index (χ3v) is 12.3. The van der Waals surface area contributed by atoms with Crippen molar-refractivity contribution in [3.8, 4) is 5.75 Å². The molecule has 0 spiro atoms. The fourth-order valence-electron chi connectivity index (χ4n) is 5.24. The number of amides is 1. The van der Waals surface area contributed by atoms with Gasteiger partial charge in [0.1, 0.15) is 18.1 Å². The first kappa shape index (κ1) is 25.5. The fraction of sp³-hybridized carbons (Fsp3) is 0.600. The number of aliphatic hydroxyl groups is 1. The van der Waals surface area contributed by atoms with E-state index >= 15 is 0 Å². The molecule has 182 valence electrons. The highest BCUT2D eigenvalue weighted by atomic mass is 28.4. The predicted octanol–water partition coefficient (Wildman–Crippen LogP) is 3.87. The Hall–Kier alpha value is -2.16. The number of ether oxygens (including phenoxy) is 2. The average Bonchev–Trinajstić information content (AvgIpc) is 3.09. The van der Waals surface area contributed by atoms with Crippen LogP contribution in [0.3, 0.4) is 0 Å². The molecule has 1 fully saturated rings. The number of rotatable bonds is 11. The highest BCUT2D eigenvalue weighted by molar-refractivity contribution is 6.73. The highest BCUT2D eigenvalue weighted by Gasteiger charge is 2.60. The van der Waals surface area contributed by atoms with Crippen LogP contribution in [0.2, 0.25) is 18.1 Å². The number of nitrogens with zero attached hydrogens (tertiary/aromatic N) is 1. The Morgan fingerprint density at radius 3 is 2.27 bits per heavy atom. The lowest BCUT2D eigenvalue weighted by Gasteiger charge is -2.49. The SMILES string of the molecule is CC[Si](CC)(CC)O[C@H](C)[C@H]1C(=O)N2C(C(=O)OCc3ccc(OC)cc3)=C(CO)[C@H](C)[C@@H]12. The molecular formula is C25H37NO6Si. The molecule has 0 bridgehead atoms. The first-order chi connectivity index (χ1) is 15.8. The van der Waals surface area contributed by atoms with E-state index in [-0.39, 0.29) is 48.8 Å². The van der Waals surface area contributed by atoms with Crippen molar-refractivity contribution in [1.29, 1.82) is 0 Å². The number of aliphatic hydroxyl groups excluding tert-OH is 1. The number of carbonyl (C=O) groups is 2. The number of β-lactam (4-membered cyclic amide) rings is 1. The van der Waals surface area contributed by atoms with E-state index in [1.54, 1.807) is 19.2 Å². The summed E-state index contributed by atoms with van der Waals surface area (Å²) in [5.74, 6) is -0.426. The van der Waals surface area contributed by atoms with Gasteiger partial charge in [-0.25, -0.2) is 4.79 Å². The minimum atomic E-state index is -1.88. The van der Waals surface area contributed by atoms with Gasteiger partial charge in [0.25, 0.3) is 0 Å². The molecule has 0 radical (unpaired) electrons. The topological polar surface area (TPSA) is 85.3 Å². The minimum Gasteiger partial charge on any atom is -0.497 e. The lowest BCUT2D eigenvalue weighted by atomic mass is 9.78. The largest absolute Gasteiger partial charge is 0.497 e. The molecule has 1 N–H and O–H groups in total. The Morgan fingerprint density at radius 2 is 1.76 bits per heavy atom. The van der Waals surface area contributed by atoms with Gasteiger partial charge in [-0.05, 0) is 48.3 Å². The summed E-state index contributed by atoms with van der Waals surface area (Å²) in [6.07, 6.45) is -0.220. The van der Waals surface area contributed by atoms with Gasteiger partial charge in [-0.3, -0.25) is 4.79 Å². The molecule has 1 aromatic carbocycles. The molecule has 0 unspecified atom stereocenters. The molecule has 0 saturated carbocycles. The molecule has 1 saturated heterocycles. The summed E-state index contributed by atoms with van der Waals surface area (Å²) in [6.45, 7) is 10.2. The van der Waals surface area contributed by atoms with E-state index in [1.165, 1.54) is 4.90 Å². The summed E-state index contributed by atoms with van der Waals surface area (Å²) in [7, 11) is -0.286. The van der Waals surface area contributed by atoms with Gasteiger partial charge >= 0.3 is 5.97 Å². The van der Waals surface area contributed by atoms with Crippen molar-refractivity contribution in [3.63, 3.8) is 0 Å². The van der Waals surface area contributed by atoms with Gasteiger partial charge in [-0.1, -0.05) is 39.8 Å². The summed E-state index contributed by atoms with van der Waals surface area (Å²) in [4.78, 5) is 27.8. The standard InChI is InChI=1S/C25H37NO6Si/c1-7-33(8-2,9-3)32-17(5)21-22-16(4)20(14-27)23(26(22)24(21)28)25(29)31-15-18-10-12-19(30-6)13-11-18/h10-13,16-17,21-22,27H,7-9,14-15H2,1-6H3/t16-,17+,21+,22-/m0/s1. The van der Waals surface area contributed by atoms with Crippen LogP contribution < -0.4 is 4.74 Å². The first-order valence-electron chi connectivity index (χ1n) is 11.9. The van der Waals surface area contributed by atoms with Gasteiger partial charge in [0.2, 0.25) is 5.91 Å². The number of esters is 1. The second-order valence-electron chi connectivity index (χ2n) is 9.04. The Morgan fingerprint density at radius 1 is 1.15 bits per heavy atom. The van der Waals surface area contributed by atoms with Gasteiger partial charge in [0, 0.05) is 5.92 Å². The molecule has 0 aromatic heterocycles. The van der Waals surface area contributed by atoms with Gasteiger partial charge in [-0.2, -0.15) is 0 Å².